The Kier molecular flexibility index (Phi) is 4.51. The number of non-ortho nitro benzene ring substituents is 1. The minimum Gasteiger partial charge on any atom is -0.330 e. The van der Waals surface area contributed by atoms with E-state index in [9.17, 15) is 10.1 Å². The number of nitrogens with two attached hydrogens (primary N) is 1. The summed E-state index contributed by atoms with van der Waals surface area (Å²) in [6.45, 7) is 0.561. The minimum atomic E-state index is -0.420. The van der Waals surface area contributed by atoms with Crippen LogP contribution in [0, 0.1) is 10.1 Å². The summed E-state index contributed by atoms with van der Waals surface area (Å²) in [6, 6.07) is 6.31. The van der Waals surface area contributed by atoms with E-state index in [2.05, 4.69) is 10.1 Å². The van der Waals surface area contributed by atoms with Gasteiger partial charge in [0.15, 0.2) is 0 Å². The summed E-state index contributed by atoms with van der Waals surface area (Å²) in [5, 5.41) is 15.9. The van der Waals surface area contributed by atoms with Crippen molar-refractivity contribution >= 4 is 34.4 Å². The molecule has 3 rings (SSSR count). The van der Waals surface area contributed by atoms with Gasteiger partial charge < -0.3 is 5.73 Å². The first-order valence-corrected chi connectivity index (χ1v) is 6.79. The fourth-order valence-electron chi connectivity index (χ4n) is 1.86. The van der Waals surface area contributed by atoms with Crippen LogP contribution in [0.15, 0.2) is 30.5 Å². The van der Waals surface area contributed by atoms with E-state index in [1.807, 2.05) is 6.20 Å². The number of imidazole rings is 1. The summed E-state index contributed by atoms with van der Waals surface area (Å²) in [4.78, 5) is 15.5. The van der Waals surface area contributed by atoms with E-state index in [0.29, 0.717) is 6.54 Å². The lowest BCUT2D eigenvalue weighted by Gasteiger charge is -1.95. The highest BCUT2D eigenvalue weighted by Crippen LogP contribution is 2.24. The number of hydrogen-bond donors (Lipinski definition) is 1. The zero-order chi connectivity index (χ0) is 14.1. The second-order valence-corrected chi connectivity index (χ2v) is 5.23. The summed E-state index contributed by atoms with van der Waals surface area (Å²) < 4.78 is 1.71. The quantitative estimate of drug-likeness (QED) is 0.586. The number of nitro benzene ring substituents is 1. The van der Waals surface area contributed by atoms with Gasteiger partial charge in [0, 0.05) is 24.1 Å². The number of nitrogens with zero attached hydrogens (tertiary/aromatic N) is 4. The highest BCUT2D eigenvalue weighted by molar-refractivity contribution is 7.16. The van der Waals surface area contributed by atoms with Gasteiger partial charge in [-0.05, 0) is 18.7 Å². The molecule has 0 saturated carbocycles. The Morgan fingerprint density at radius 2 is 2.05 bits per heavy atom. The van der Waals surface area contributed by atoms with Gasteiger partial charge in [-0.25, -0.2) is 9.50 Å². The Morgan fingerprint density at radius 1 is 1.33 bits per heavy atom. The van der Waals surface area contributed by atoms with Crippen molar-refractivity contribution in [3.05, 3.63) is 45.6 Å². The van der Waals surface area contributed by atoms with Crippen molar-refractivity contribution in [2.45, 2.75) is 6.42 Å². The highest BCUT2D eigenvalue weighted by atomic mass is 35.5. The molecular formula is C12H12ClN5O2S. The van der Waals surface area contributed by atoms with Gasteiger partial charge in [0.2, 0.25) is 4.96 Å². The van der Waals surface area contributed by atoms with Crippen molar-refractivity contribution in [1.29, 1.82) is 0 Å². The zero-order valence-electron chi connectivity index (χ0n) is 10.8. The van der Waals surface area contributed by atoms with Gasteiger partial charge in [0.1, 0.15) is 5.01 Å². The molecule has 0 radical (unpaired) electrons. The number of rotatable bonds is 4. The summed E-state index contributed by atoms with van der Waals surface area (Å²) in [6.07, 6.45) is 2.55. The summed E-state index contributed by atoms with van der Waals surface area (Å²) in [5.74, 6) is 0. The SMILES string of the molecule is Cl.NCCc1nn2cc(-c3ccc([N+](=O)[O-])cc3)nc2s1. The Bertz CT molecular complexity index is 736. The van der Waals surface area contributed by atoms with Crippen molar-refractivity contribution in [3.8, 4) is 11.3 Å². The van der Waals surface area contributed by atoms with Gasteiger partial charge in [0.05, 0.1) is 16.8 Å². The number of aromatic nitrogens is 3. The molecule has 21 heavy (non-hydrogen) atoms. The fourth-order valence-corrected chi connectivity index (χ4v) is 2.75. The Balaban J connectivity index is 0.00000161. The lowest BCUT2D eigenvalue weighted by Crippen LogP contribution is -2.02. The van der Waals surface area contributed by atoms with Crippen LogP contribution in [0.1, 0.15) is 5.01 Å². The molecule has 1 aromatic carbocycles. The van der Waals surface area contributed by atoms with Crippen LogP contribution in [0.2, 0.25) is 0 Å². The maximum atomic E-state index is 10.6. The highest BCUT2D eigenvalue weighted by Gasteiger charge is 2.11. The average molecular weight is 326 g/mol. The molecule has 0 atom stereocenters. The maximum absolute atomic E-state index is 10.6. The second kappa shape index (κ2) is 6.17. The largest absolute Gasteiger partial charge is 0.330 e. The average Bonchev–Trinajstić information content (AvgIpc) is 2.97. The van der Waals surface area contributed by atoms with Crippen molar-refractivity contribution in [3.63, 3.8) is 0 Å². The van der Waals surface area contributed by atoms with Crippen LogP contribution in [-0.4, -0.2) is 26.1 Å². The molecule has 0 aliphatic carbocycles. The molecule has 0 saturated heterocycles. The molecule has 9 heteroatoms. The Labute approximate surface area is 130 Å². The smallest absolute Gasteiger partial charge is 0.269 e. The number of benzene rings is 1. The molecule has 7 nitrogen and oxygen atoms in total. The summed E-state index contributed by atoms with van der Waals surface area (Å²) in [7, 11) is 0. The molecule has 2 N–H and O–H groups in total. The van der Waals surface area contributed by atoms with Gasteiger partial charge in [0.25, 0.3) is 5.69 Å². The van der Waals surface area contributed by atoms with Gasteiger partial charge >= 0.3 is 0 Å². The first kappa shape index (κ1) is 15.4. The van der Waals surface area contributed by atoms with Crippen molar-refractivity contribution in [2.75, 3.05) is 6.54 Å². The van der Waals surface area contributed by atoms with Crippen LogP contribution < -0.4 is 5.73 Å². The zero-order valence-corrected chi connectivity index (χ0v) is 12.4. The third-order valence-electron chi connectivity index (χ3n) is 2.82. The van der Waals surface area contributed by atoms with Gasteiger partial charge in [-0.1, -0.05) is 11.3 Å². The first-order valence-electron chi connectivity index (χ1n) is 5.97. The first-order chi connectivity index (χ1) is 9.67. The van der Waals surface area contributed by atoms with Gasteiger partial charge in [-0.3, -0.25) is 10.1 Å². The van der Waals surface area contributed by atoms with Crippen LogP contribution in [-0.2, 0) is 6.42 Å². The van der Waals surface area contributed by atoms with E-state index in [4.69, 9.17) is 5.73 Å². The molecule has 0 aliphatic rings. The van der Waals surface area contributed by atoms with Crippen molar-refractivity contribution in [1.82, 2.24) is 14.6 Å². The predicted octanol–water partition coefficient (Wildman–Crippen LogP) is 2.29. The normalized spacial score (nSPS) is 10.5. The Hall–Kier alpha value is -2.03. The van der Waals surface area contributed by atoms with Crippen LogP contribution in [0.25, 0.3) is 16.2 Å². The van der Waals surface area contributed by atoms with Crippen LogP contribution in [0.5, 0.6) is 0 Å². The lowest BCUT2D eigenvalue weighted by atomic mass is 10.1. The molecule has 0 aliphatic heterocycles. The summed E-state index contributed by atoms with van der Waals surface area (Å²) >= 11 is 1.50. The predicted molar refractivity (Wildman–Crippen MR) is 83.0 cm³/mol. The molecular weight excluding hydrogens is 314 g/mol. The number of hydrogen-bond acceptors (Lipinski definition) is 6. The number of halogens is 1. The molecule has 0 unspecified atom stereocenters. The lowest BCUT2D eigenvalue weighted by molar-refractivity contribution is -0.384. The molecule has 0 fully saturated rings. The topological polar surface area (TPSA) is 99.3 Å². The summed E-state index contributed by atoms with van der Waals surface area (Å²) in [5.41, 5.74) is 7.14. The van der Waals surface area contributed by atoms with Crippen molar-refractivity contribution in [2.24, 2.45) is 5.73 Å². The molecule has 0 spiro atoms. The van der Waals surface area contributed by atoms with Gasteiger partial charge in [-0.15, -0.1) is 12.4 Å². The van der Waals surface area contributed by atoms with Gasteiger partial charge in [-0.2, -0.15) is 5.10 Å². The van der Waals surface area contributed by atoms with Crippen LogP contribution in [0.4, 0.5) is 5.69 Å². The molecule has 0 bridgehead atoms. The second-order valence-electron chi connectivity index (χ2n) is 4.19. The van der Waals surface area contributed by atoms with Crippen LogP contribution >= 0.6 is 23.7 Å². The van der Waals surface area contributed by atoms with E-state index >= 15 is 0 Å². The molecule has 110 valence electrons. The molecule has 2 heterocycles. The number of nitro groups is 1. The molecule has 0 amide bonds. The standard InChI is InChI=1S/C12H11N5O2S.ClH/c13-6-5-11-15-16-7-10(14-12(16)20-11)8-1-3-9(4-2-8)17(18)19;/h1-4,7H,5-6,13H2;1H. The van der Waals surface area contributed by atoms with E-state index in [1.165, 1.54) is 23.5 Å². The van der Waals surface area contributed by atoms with E-state index in [-0.39, 0.29) is 18.1 Å². The van der Waals surface area contributed by atoms with E-state index in [0.717, 1.165) is 27.6 Å². The minimum absolute atomic E-state index is 0. The van der Waals surface area contributed by atoms with E-state index in [1.54, 1.807) is 16.6 Å². The Morgan fingerprint density at radius 3 is 2.62 bits per heavy atom. The molecule has 3 aromatic rings. The molecule has 2 aromatic heterocycles. The number of fused-ring (bicyclic) bond motifs is 1. The third kappa shape index (κ3) is 3.02. The fraction of sp³-hybridized carbons (Fsp3) is 0.167. The van der Waals surface area contributed by atoms with E-state index < -0.39 is 4.92 Å². The monoisotopic (exact) mass is 325 g/mol. The van der Waals surface area contributed by atoms with Crippen molar-refractivity contribution < 1.29 is 4.92 Å². The van der Waals surface area contributed by atoms with Crippen LogP contribution in [0.3, 0.4) is 0 Å². The maximum Gasteiger partial charge on any atom is 0.269 e. The third-order valence-corrected chi connectivity index (χ3v) is 3.80.